The lowest BCUT2D eigenvalue weighted by Crippen LogP contribution is -3.00. The number of rotatable bonds is 6. The third kappa shape index (κ3) is 5.35. The minimum absolute atomic E-state index is 0. The highest BCUT2D eigenvalue weighted by Crippen LogP contribution is 2.61. The van der Waals surface area contributed by atoms with Crippen molar-refractivity contribution < 1.29 is 17.0 Å². The van der Waals surface area contributed by atoms with Crippen LogP contribution in [0.15, 0.2) is 206 Å². The van der Waals surface area contributed by atoms with E-state index in [2.05, 4.69) is 206 Å². The molecule has 7 aromatic rings. The van der Waals surface area contributed by atoms with Crippen LogP contribution in [0.25, 0.3) is 0 Å². The van der Waals surface area contributed by atoms with Gasteiger partial charge in [-0.3, -0.25) is 0 Å². The van der Waals surface area contributed by atoms with E-state index in [4.69, 9.17) is 0 Å². The smallest absolute Gasteiger partial charge is 0.109 e. The summed E-state index contributed by atoms with van der Waals surface area (Å²) in [6.07, 6.45) is 0. The quantitative estimate of drug-likeness (QED) is 0.210. The Morgan fingerprint density at radius 1 is 0.250 bits per heavy atom. The highest BCUT2D eigenvalue weighted by molar-refractivity contribution is 8.14. The highest BCUT2D eigenvalue weighted by atomic mass is 79.9. The zero-order chi connectivity index (χ0) is 31.5. The molecule has 0 atom stereocenters. The fourth-order valence-corrected chi connectivity index (χ4v) is 22.1. The van der Waals surface area contributed by atoms with E-state index >= 15 is 0 Å². The molecular weight excluding hydrogens is 701 g/mol. The molecule has 0 nitrogen and oxygen atoms in total. The van der Waals surface area contributed by atoms with E-state index in [0.717, 1.165) is 0 Å². The average molecular weight is 738 g/mol. The molecule has 1 aliphatic rings. The first kappa shape index (κ1) is 32.6. The molecule has 4 heteroatoms. The third-order valence-corrected chi connectivity index (χ3v) is 22.0. The molecular formula is C44H36BrP3. The van der Waals surface area contributed by atoms with Crippen LogP contribution in [0.3, 0.4) is 0 Å². The third-order valence-electron chi connectivity index (χ3n) is 9.34. The molecule has 0 aliphatic carbocycles. The average Bonchev–Trinajstić information content (AvgIpc) is 3.55. The van der Waals surface area contributed by atoms with Crippen LogP contribution >= 0.6 is 22.4 Å². The normalized spacial score (nSPS) is 12.7. The zero-order valence-electron chi connectivity index (χ0n) is 26.5. The fraction of sp³-hybridized carbons (Fsp3) is 0. The molecule has 0 fully saturated rings. The summed E-state index contributed by atoms with van der Waals surface area (Å²) in [6, 6.07) is 77.6. The molecule has 0 saturated heterocycles. The molecule has 0 spiro atoms. The molecule has 7 aromatic carbocycles. The molecule has 1 heterocycles. The van der Waals surface area contributed by atoms with E-state index in [1.807, 2.05) is 0 Å². The minimum atomic E-state index is -2.26. The zero-order valence-corrected chi connectivity index (χ0v) is 31.0. The van der Waals surface area contributed by atoms with E-state index in [-0.39, 0.29) is 25.6 Å². The van der Waals surface area contributed by atoms with Crippen LogP contribution in [-0.2, 0) is 0 Å². The van der Waals surface area contributed by atoms with Crippen molar-refractivity contribution in [2.45, 2.75) is 0 Å². The van der Waals surface area contributed by atoms with E-state index in [1.165, 1.54) is 43.0 Å². The summed E-state index contributed by atoms with van der Waals surface area (Å²) in [5, 5.41) is 11.7. The van der Waals surface area contributed by atoms with Crippen molar-refractivity contribution in [1.82, 2.24) is 0 Å². The van der Waals surface area contributed by atoms with Crippen LogP contribution in [0, 0.1) is 0 Å². The van der Waals surface area contributed by atoms with Crippen molar-refractivity contribution in [1.29, 1.82) is 0 Å². The predicted octanol–water partition coefficient (Wildman–Crippen LogP) is 5.06. The first-order chi connectivity index (χ1) is 23.3. The van der Waals surface area contributed by atoms with Gasteiger partial charge in [-0.1, -0.05) is 206 Å². The Labute approximate surface area is 297 Å². The Hall–Kier alpha value is -3.95. The minimum Gasteiger partial charge on any atom is -1.00 e. The van der Waals surface area contributed by atoms with Crippen molar-refractivity contribution in [3.63, 3.8) is 0 Å². The maximum Gasteiger partial charge on any atom is 0.109 e. The SMILES string of the molecule is [Br-].c1ccc(P(=C2[PH2+]C(=P(c3ccccc3)(c3ccccc3)c3ccccc3)c3ccccc32)(c2ccccc2)c2ccccc2)cc1. The summed E-state index contributed by atoms with van der Waals surface area (Å²) < 4.78 is 0. The molecule has 0 saturated carbocycles. The van der Waals surface area contributed by atoms with Crippen molar-refractivity contribution in [3.05, 3.63) is 217 Å². The highest BCUT2D eigenvalue weighted by Gasteiger charge is 2.44. The lowest BCUT2D eigenvalue weighted by atomic mass is 10.1. The van der Waals surface area contributed by atoms with Gasteiger partial charge in [0.25, 0.3) is 0 Å². The van der Waals surface area contributed by atoms with Gasteiger partial charge in [0, 0.05) is 24.9 Å². The Bertz CT molecular complexity index is 1880. The second-order valence-electron chi connectivity index (χ2n) is 11.8. The summed E-state index contributed by atoms with van der Waals surface area (Å²) in [6.45, 7) is -4.53. The van der Waals surface area contributed by atoms with Gasteiger partial charge in [0.15, 0.2) is 0 Å². The Kier molecular flexibility index (Phi) is 9.69. The first-order valence-electron chi connectivity index (χ1n) is 16.2. The van der Waals surface area contributed by atoms with Crippen LogP contribution < -0.4 is 48.8 Å². The van der Waals surface area contributed by atoms with Crippen LogP contribution in [0.2, 0.25) is 0 Å². The van der Waals surface area contributed by atoms with Crippen LogP contribution in [-0.4, -0.2) is 10.1 Å². The second kappa shape index (κ2) is 14.3. The lowest BCUT2D eigenvalue weighted by Gasteiger charge is -2.30. The molecule has 0 N–H and O–H groups in total. The van der Waals surface area contributed by atoms with Gasteiger partial charge in [-0.2, -0.15) is 0 Å². The molecule has 0 amide bonds. The maximum absolute atomic E-state index is 2.42. The standard InChI is InChI=1S/C44H35P3.BrH/c1-7-21-35(22-8-1)46(36-23-9-2-10-24-36,37-25-11-3-12-26-37)43-41-33-19-20-34-42(41)44(45-43)47(38-27-13-4-14-28-38,39-29-15-5-16-30-39)40-31-17-6-18-32-40;/h1-34,45H;1H. The number of hydrogen-bond donors (Lipinski definition) is 0. The van der Waals surface area contributed by atoms with Crippen molar-refractivity contribution in [3.8, 4) is 0 Å². The number of halogens is 1. The Morgan fingerprint density at radius 3 is 0.646 bits per heavy atom. The molecule has 0 bridgehead atoms. The van der Waals surface area contributed by atoms with E-state index in [1.54, 1.807) is 10.1 Å². The Balaban J connectivity index is 0.00000364. The van der Waals surface area contributed by atoms with Gasteiger partial charge in [-0.15, -0.1) is 0 Å². The summed E-state index contributed by atoms with van der Waals surface area (Å²) in [5.41, 5.74) is 2.85. The molecule has 234 valence electrons. The molecule has 0 radical (unpaired) electrons. The second-order valence-corrected chi connectivity index (χ2v) is 21.0. The number of hydrogen-bond acceptors (Lipinski definition) is 0. The van der Waals surface area contributed by atoms with Gasteiger partial charge in [0.1, 0.15) is 10.1 Å². The molecule has 0 aromatic heterocycles. The van der Waals surface area contributed by atoms with E-state index in [9.17, 15) is 0 Å². The number of fused-ring (bicyclic) bond motifs is 1. The van der Waals surface area contributed by atoms with Gasteiger partial charge in [0.05, 0.1) is 8.58 Å². The van der Waals surface area contributed by atoms with Gasteiger partial charge in [0.2, 0.25) is 0 Å². The summed E-state index contributed by atoms with van der Waals surface area (Å²) in [5.74, 6) is 0. The van der Waals surface area contributed by atoms with Gasteiger partial charge >= 0.3 is 0 Å². The lowest BCUT2D eigenvalue weighted by molar-refractivity contribution is -0.00000861. The van der Waals surface area contributed by atoms with Crippen LogP contribution in [0.1, 0.15) is 11.1 Å². The maximum atomic E-state index is 2.42. The summed E-state index contributed by atoms with van der Waals surface area (Å²) in [7, 11) is -0.252. The van der Waals surface area contributed by atoms with Gasteiger partial charge in [-0.05, 0) is 31.8 Å². The monoisotopic (exact) mass is 736 g/mol. The Morgan fingerprint density at radius 2 is 0.438 bits per heavy atom. The summed E-state index contributed by atoms with van der Waals surface area (Å²) >= 11 is 0. The fourth-order valence-electron chi connectivity index (χ4n) is 7.41. The van der Waals surface area contributed by atoms with Crippen LogP contribution in [0.5, 0.6) is 0 Å². The topological polar surface area (TPSA) is 0 Å². The molecule has 1 aliphatic heterocycles. The van der Waals surface area contributed by atoms with Crippen molar-refractivity contribution in [2.24, 2.45) is 0 Å². The molecule has 8 rings (SSSR count). The molecule has 48 heavy (non-hydrogen) atoms. The predicted molar refractivity (Wildman–Crippen MR) is 215 cm³/mol. The van der Waals surface area contributed by atoms with Gasteiger partial charge < -0.3 is 17.0 Å². The van der Waals surface area contributed by atoms with Crippen LogP contribution in [0.4, 0.5) is 0 Å². The first-order valence-corrected chi connectivity index (χ1v) is 20.9. The van der Waals surface area contributed by atoms with Gasteiger partial charge in [-0.25, -0.2) is 0 Å². The summed E-state index contributed by atoms with van der Waals surface area (Å²) in [4.78, 5) is 0. The van der Waals surface area contributed by atoms with Crippen molar-refractivity contribution >= 4 is 64.2 Å². The number of benzene rings is 7. The molecule has 0 unspecified atom stereocenters. The van der Waals surface area contributed by atoms with E-state index < -0.39 is 13.8 Å². The van der Waals surface area contributed by atoms with E-state index in [0.29, 0.717) is 0 Å². The largest absolute Gasteiger partial charge is 1.00 e. The van der Waals surface area contributed by atoms with Crippen molar-refractivity contribution in [2.75, 3.05) is 0 Å².